The molecule has 1 heterocycles. The lowest BCUT2D eigenvalue weighted by Crippen LogP contribution is -2.25. The van der Waals surface area contributed by atoms with Crippen LogP contribution in [0.4, 0.5) is 4.39 Å². The van der Waals surface area contributed by atoms with Crippen molar-refractivity contribution in [2.75, 3.05) is 6.26 Å². The first kappa shape index (κ1) is 26.3. The molecule has 0 amide bonds. The van der Waals surface area contributed by atoms with Gasteiger partial charge in [0.1, 0.15) is 10.7 Å². The first-order valence-corrected chi connectivity index (χ1v) is 15.5. The zero-order valence-electron chi connectivity index (χ0n) is 18.9. The monoisotopic (exact) mass is 570 g/mol. The first-order valence-electron chi connectivity index (χ1n) is 10.4. The van der Waals surface area contributed by atoms with Crippen LogP contribution < -0.4 is 4.72 Å². The van der Waals surface area contributed by atoms with E-state index in [1.165, 1.54) is 54.6 Å². The third-order valence-electron chi connectivity index (χ3n) is 5.40. The van der Waals surface area contributed by atoms with Gasteiger partial charge in [-0.15, -0.1) is 0 Å². The predicted octanol–water partition coefficient (Wildman–Crippen LogP) is 4.11. The van der Waals surface area contributed by atoms with Crippen molar-refractivity contribution in [1.82, 2.24) is 8.69 Å². The highest BCUT2D eigenvalue weighted by Gasteiger charge is 2.32. The van der Waals surface area contributed by atoms with Gasteiger partial charge in [-0.1, -0.05) is 35.9 Å². The van der Waals surface area contributed by atoms with E-state index in [4.69, 9.17) is 11.6 Å². The van der Waals surface area contributed by atoms with Gasteiger partial charge < -0.3 is 0 Å². The summed E-state index contributed by atoms with van der Waals surface area (Å²) in [7, 11) is -12.6. The van der Waals surface area contributed by atoms with Crippen molar-refractivity contribution in [1.29, 1.82) is 0 Å². The Labute approximate surface area is 213 Å². The maximum absolute atomic E-state index is 14.5. The molecule has 1 atom stereocenters. The molecule has 4 aromatic rings. The molecule has 3 aromatic carbocycles. The van der Waals surface area contributed by atoms with Gasteiger partial charge in [0.15, 0.2) is 5.03 Å². The smallest absolute Gasteiger partial charge is 0.222 e. The number of rotatable bonds is 7. The average Bonchev–Trinajstić information content (AvgIpc) is 3.18. The Balaban J connectivity index is 1.91. The van der Waals surface area contributed by atoms with Crippen LogP contribution in [-0.2, 0) is 29.9 Å². The lowest BCUT2D eigenvalue weighted by atomic mass is 10.1. The maximum atomic E-state index is 14.5. The molecule has 0 saturated carbocycles. The minimum absolute atomic E-state index is 0.00354. The summed E-state index contributed by atoms with van der Waals surface area (Å²) in [6.07, 6.45) is 1.00. The van der Waals surface area contributed by atoms with Crippen LogP contribution >= 0.6 is 11.6 Å². The van der Waals surface area contributed by atoms with Crippen LogP contribution in [-0.4, -0.2) is 35.5 Å². The Kier molecular flexibility index (Phi) is 6.77. The lowest BCUT2D eigenvalue weighted by Gasteiger charge is -2.15. The molecule has 1 aromatic heterocycles. The summed E-state index contributed by atoms with van der Waals surface area (Å²) in [4.78, 5) is -0.929. The van der Waals surface area contributed by atoms with E-state index < -0.39 is 51.7 Å². The van der Waals surface area contributed by atoms with E-state index in [1.807, 2.05) is 0 Å². The van der Waals surface area contributed by atoms with Crippen LogP contribution in [0.5, 0.6) is 0 Å². The zero-order chi connectivity index (χ0) is 26.5. The van der Waals surface area contributed by atoms with Crippen LogP contribution in [0.15, 0.2) is 87.6 Å². The molecule has 0 aliphatic heterocycles. The number of hydrogen-bond acceptors (Lipinski definition) is 6. The number of nitrogens with one attached hydrogen (secondary N) is 1. The van der Waals surface area contributed by atoms with E-state index in [0.29, 0.717) is 9.54 Å². The van der Waals surface area contributed by atoms with E-state index in [-0.39, 0.29) is 20.8 Å². The van der Waals surface area contributed by atoms with Crippen LogP contribution in [0.1, 0.15) is 18.5 Å². The minimum Gasteiger partial charge on any atom is -0.222 e. The van der Waals surface area contributed by atoms with Crippen molar-refractivity contribution in [2.24, 2.45) is 0 Å². The van der Waals surface area contributed by atoms with Crippen LogP contribution in [0, 0.1) is 5.82 Å². The number of benzene rings is 3. The van der Waals surface area contributed by atoms with Crippen LogP contribution in [0.2, 0.25) is 5.02 Å². The fraction of sp³-hybridized carbons (Fsp3) is 0.130. The molecule has 1 N–H and O–H groups in total. The normalized spacial score (nSPS) is 13.7. The van der Waals surface area contributed by atoms with Gasteiger partial charge in [-0.3, -0.25) is 0 Å². The van der Waals surface area contributed by atoms with E-state index in [0.717, 1.165) is 24.5 Å². The van der Waals surface area contributed by atoms with Crippen LogP contribution in [0.3, 0.4) is 0 Å². The quantitative estimate of drug-likeness (QED) is 0.357. The molecule has 0 saturated heterocycles. The highest BCUT2D eigenvalue weighted by atomic mass is 35.5. The van der Waals surface area contributed by atoms with Crippen molar-refractivity contribution in [2.45, 2.75) is 27.8 Å². The van der Waals surface area contributed by atoms with Gasteiger partial charge >= 0.3 is 0 Å². The second-order valence-electron chi connectivity index (χ2n) is 8.07. The maximum Gasteiger partial charge on any atom is 0.272 e. The van der Waals surface area contributed by atoms with E-state index >= 15 is 0 Å². The number of hydrogen-bond donors (Lipinski definition) is 1. The summed E-state index contributed by atoms with van der Waals surface area (Å²) in [5.41, 5.74) is 0.495. The fourth-order valence-electron chi connectivity index (χ4n) is 3.77. The lowest BCUT2D eigenvalue weighted by molar-refractivity contribution is 0.555. The molecule has 0 aliphatic carbocycles. The van der Waals surface area contributed by atoms with Crippen molar-refractivity contribution in [3.05, 3.63) is 89.2 Å². The van der Waals surface area contributed by atoms with Gasteiger partial charge in [-0.2, -0.15) is 0 Å². The molecule has 0 fully saturated rings. The minimum atomic E-state index is -4.69. The summed E-state index contributed by atoms with van der Waals surface area (Å²) in [6, 6.07) is 14.7. The molecule has 0 spiro atoms. The van der Waals surface area contributed by atoms with Gasteiger partial charge in [-0.25, -0.2) is 38.3 Å². The number of sulfonamides is 1. The van der Waals surface area contributed by atoms with E-state index in [1.54, 1.807) is 6.92 Å². The Morgan fingerprint density at radius 3 is 2.14 bits per heavy atom. The van der Waals surface area contributed by atoms with E-state index in [9.17, 15) is 29.6 Å². The third kappa shape index (κ3) is 4.91. The average molecular weight is 571 g/mol. The predicted molar refractivity (Wildman–Crippen MR) is 134 cm³/mol. The summed E-state index contributed by atoms with van der Waals surface area (Å²) < 4.78 is 94.9. The van der Waals surface area contributed by atoms with Gasteiger partial charge in [-0.05, 0) is 61.0 Å². The fourth-order valence-corrected chi connectivity index (χ4v) is 8.13. The van der Waals surface area contributed by atoms with Crippen molar-refractivity contribution < 1.29 is 29.6 Å². The Hall–Kier alpha value is -2.77. The molecule has 36 heavy (non-hydrogen) atoms. The van der Waals surface area contributed by atoms with Gasteiger partial charge in [0.2, 0.25) is 19.9 Å². The summed E-state index contributed by atoms with van der Waals surface area (Å²) in [5, 5.41) is -0.120. The molecule has 0 radical (unpaired) electrons. The van der Waals surface area contributed by atoms with Gasteiger partial charge in [0.05, 0.1) is 16.7 Å². The third-order valence-corrected chi connectivity index (χ3v) is 10.0. The highest BCUT2D eigenvalue weighted by molar-refractivity contribution is 7.93. The number of fused-ring (bicyclic) bond motifs is 1. The van der Waals surface area contributed by atoms with E-state index in [2.05, 4.69) is 4.72 Å². The number of sulfone groups is 1. The zero-order valence-corrected chi connectivity index (χ0v) is 22.1. The number of aromatic nitrogens is 1. The van der Waals surface area contributed by atoms with Gasteiger partial charge in [0.25, 0.3) is 10.0 Å². The van der Waals surface area contributed by atoms with Crippen molar-refractivity contribution >= 4 is 52.4 Å². The molecule has 8 nitrogen and oxygen atoms in total. The molecule has 0 aliphatic rings. The number of halogens is 2. The number of nitrogens with zero attached hydrogens (tertiary/aromatic N) is 1. The molecule has 0 bridgehead atoms. The summed E-state index contributed by atoms with van der Waals surface area (Å²) in [6.45, 7) is 1.59. The molecule has 190 valence electrons. The SMILES string of the molecule is C[C@H](NS(C)(=O)=O)c1ccc(S(=O)(=O)c2cc3cc(Cl)ccc3n2S(=O)(=O)c2ccccc2F)cc1. The van der Waals surface area contributed by atoms with Crippen molar-refractivity contribution in [3.63, 3.8) is 0 Å². The summed E-state index contributed by atoms with van der Waals surface area (Å²) >= 11 is 6.04. The molecular formula is C23H20ClFN2O6S3. The highest BCUT2D eigenvalue weighted by Crippen LogP contribution is 2.34. The topological polar surface area (TPSA) is 119 Å². The first-order chi connectivity index (χ1) is 16.7. The molecular weight excluding hydrogens is 551 g/mol. The molecule has 13 heteroatoms. The van der Waals surface area contributed by atoms with Gasteiger partial charge in [0, 0.05) is 16.5 Å². The second-order valence-corrected chi connectivity index (χ2v) is 13.9. The Morgan fingerprint density at radius 2 is 1.53 bits per heavy atom. The largest absolute Gasteiger partial charge is 0.272 e. The summed E-state index contributed by atoms with van der Waals surface area (Å²) in [5.74, 6) is -1.03. The Bertz CT molecular complexity index is 1800. The molecule has 0 unspecified atom stereocenters. The molecule has 4 rings (SSSR count). The standard InChI is InChI=1S/C23H20ClFN2O6S3/c1-15(26-34(2,28)29)16-7-10-19(11-8-16)35(30,31)23-14-17-13-18(24)9-12-21(17)27(23)36(32,33)22-6-4-3-5-20(22)25/h3-15,26H,1-2H3/t15-/m0/s1. The second kappa shape index (κ2) is 9.27. The van der Waals surface area contributed by atoms with Crippen LogP contribution in [0.25, 0.3) is 10.9 Å². The Morgan fingerprint density at radius 1 is 0.889 bits per heavy atom. The van der Waals surface area contributed by atoms with Crippen molar-refractivity contribution in [3.8, 4) is 0 Å².